The molecule has 0 aliphatic carbocycles. The van der Waals surface area contributed by atoms with Crippen molar-refractivity contribution in [2.45, 2.75) is 13.3 Å². The molecule has 0 bridgehead atoms. The van der Waals surface area contributed by atoms with E-state index in [1.807, 2.05) is 6.92 Å². The van der Waals surface area contributed by atoms with Crippen LogP contribution in [0.15, 0.2) is 43.1 Å². The zero-order chi connectivity index (χ0) is 12.7. The van der Waals surface area contributed by atoms with Gasteiger partial charge < -0.3 is 10.0 Å². The Morgan fingerprint density at radius 3 is 2.76 bits per heavy atom. The minimum absolute atomic E-state index is 0.134. The molecule has 0 radical (unpaired) electrons. The SMILES string of the molecule is C=CN(CCC)C(=O)/C=C/c1ccccc1O. The molecule has 1 aromatic rings. The second kappa shape index (κ2) is 6.53. The second-order valence-electron chi connectivity index (χ2n) is 3.61. The summed E-state index contributed by atoms with van der Waals surface area (Å²) in [7, 11) is 0. The van der Waals surface area contributed by atoms with Crippen LogP contribution in [0, 0.1) is 0 Å². The number of benzene rings is 1. The lowest BCUT2D eigenvalue weighted by Crippen LogP contribution is -2.23. The van der Waals surface area contributed by atoms with Gasteiger partial charge in [0.15, 0.2) is 0 Å². The van der Waals surface area contributed by atoms with Crippen molar-refractivity contribution in [2.75, 3.05) is 6.54 Å². The Labute approximate surface area is 102 Å². The molecule has 0 atom stereocenters. The Morgan fingerprint density at radius 2 is 2.18 bits per heavy atom. The molecule has 0 fully saturated rings. The van der Waals surface area contributed by atoms with Crippen LogP contribution in [-0.4, -0.2) is 22.5 Å². The first kappa shape index (κ1) is 13.0. The van der Waals surface area contributed by atoms with Gasteiger partial charge in [-0.2, -0.15) is 0 Å². The second-order valence-corrected chi connectivity index (χ2v) is 3.61. The average Bonchev–Trinajstić information content (AvgIpc) is 2.34. The summed E-state index contributed by atoms with van der Waals surface area (Å²) >= 11 is 0. The molecule has 0 aliphatic rings. The predicted molar refractivity (Wildman–Crippen MR) is 69.3 cm³/mol. The molecule has 1 aromatic carbocycles. The highest BCUT2D eigenvalue weighted by molar-refractivity contribution is 5.92. The van der Waals surface area contributed by atoms with Crippen molar-refractivity contribution in [2.24, 2.45) is 0 Å². The minimum atomic E-state index is -0.134. The summed E-state index contributed by atoms with van der Waals surface area (Å²) in [5.41, 5.74) is 0.626. The highest BCUT2D eigenvalue weighted by Gasteiger charge is 2.05. The van der Waals surface area contributed by atoms with Gasteiger partial charge in [0.25, 0.3) is 5.91 Å². The summed E-state index contributed by atoms with van der Waals surface area (Å²) in [6.45, 7) is 6.24. The van der Waals surface area contributed by atoms with Gasteiger partial charge in [-0.1, -0.05) is 31.7 Å². The maximum atomic E-state index is 11.7. The van der Waals surface area contributed by atoms with Crippen molar-refractivity contribution >= 4 is 12.0 Å². The van der Waals surface area contributed by atoms with E-state index in [1.54, 1.807) is 30.3 Å². The van der Waals surface area contributed by atoms with Crippen molar-refractivity contribution < 1.29 is 9.90 Å². The number of carbonyl (C=O) groups is 1. The van der Waals surface area contributed by atoms with Crippen LogP contribution < -0.4 is 0 Å². The van der Waals surface area contributed by atoms with Gasteiger partial charge in [-0.15, -0.1) is 0 Å². The van der Waals surface area contributed by atoms with E-state index in [0.717, 1.165) is 6.42 Å². The van der Waals surface area contributed by atoms with Gasteiger partial charge in [-0.05, 0) is 24.8 Å². The number of hydrogen-bond acceptors (Lipinski definition) is 2. The van der Waals surface area contributed by atoms with Crippen molar-refractivity contribution in [1.29, 1.82) is 0 Å². The largest absolute Gasteiger partial charge is 0.507 e. The molecule has 1 N–H and O–H groups in total. The van der Waals surface area contributed by atoms with Gasteiger partial charge in [0.05, 0.1) is 0 Å². The van der Waals surface area contributed by atoms with E-state index in [1.165, 1.54) is 17.2 Å². The van der Waals surface area contributed by atoms with Crippen LogP contribution in [0.4, 0.5) is 0 Å². The van der Waals surface area contributed by atoms with Gasteiger partial charge >= 0.3 is 0 Å². The molecule has 3 heteroatoms. The molecule has 1 amide bonds. The van der Waals surface area contributed by atoms with E-state index in [0.29, 0.717) is 12.1 Å². The van der Waals surface area contributed by atoms with Gasteiger partial charge in [0, 0.05) is 18.2 Å². The molecule has 0 spiro atoms. The first-order valence-corrected chi connectivity index (χ1v) is 5.58. The standard InChI is InChI=1S/C14H17NO2/c1-3-11-15(4-2)14(17)10-9-12-7-5-6-8-13(12)16/h4-10,16H,2-3,11H2,1H3/b10-9+. The van der Waals surface area contributed by atoms with Crippen molar-refractivity contribution in [1.82, 2.24) is 4.90 Å². The lowest BCUT2D eigenvalue weighted by atomic mass is 10.2. The fourth-order valence-electron chi connectivity index (χ4n) is 1.42. The summed E-state index contributed by atoms with van der Waals surface area (Å²) in [6, 6.07) is 6.88. The molecule has 0 saturated heterocycles. The Morgan fingerprint density at radius 1 is 1.47 bits per heavy atom. The lowest BCUT2D eigenvalue weighted by molar-refractivity contribution is -0.123. The van der Waals surface area contributed by atoms with Crippen molar-refractivity contribution in [3.63, 3.8) is 0 Å². The summed E-state index contributed by atoms with van der Waals surface area (Å²) in [5, 5.41) is 9.53. The maximum Gasteiger partial charge on any atom is 0.250 e. The highest BCUT2D eigenvalue weighted by atomic mass is 16.3. The average molecular weight is 231 g/mol. The topological polar surface area (TPSA) is 40.5 Å². The Bertz CT molecular complexity index is 424. The third-order valence-electron chi connectivity index (χ3n) is 2.31. The number of hydrogen-bond donors (Lipinski definition) is 1. The zero-order valence-electron chi connectivity index (χ0n) is 9.97. The first-order valence-electron chi connectivity index (χ1n) is 5.58. The fraction of sp³-hybridized carbons (Fsp3) is 0.214. The van der Waals surface area contributed by atoms with E-state index in [-0.39, 0.29) is 11.7 Å². The molecule has 0 unspecified atom stereocenters. The fourth-order valence-corrected chi connectivity index (χ4v) is 1.42. The van der Waals surface area contributed by atoms with E-state index < -0.39 is 0 Å². The number of phenolic OH excluding ortho intramolecular Hbond substituents is 1. The van der Waals surface area contributed by atoms with Crippen molar-refractivity contribution in [3.05, 3.63) is 48.7 Å². The summed E-state index contributed by atoms with van der Waals surface area (Å²) in [4.78, 5) is 13.3. The van der Waals surface area contributed by atoms with E-state index in [9.17, 15) is 9.90 Å². The summed E-state index contributed by atoms with van der Waals surface area (Å²) in [5.74, 6) is 0.0299. The third kappa shape index (κ3) is 3.79. The number of nitrogens with zero attached hydrogens (tertiary/aromatic N) is 1. The van der Waals surface area contributed by atoms with Crippen LogP contribution in [0.25, 0.3) is 6.08 Å². The van der Waals surface area contributed by atoms with Crippen LogP contribution in [-0.2, 0) is 4.79 Å². The van der Waals surface area contributed by atoms with Crippen molar-refractivity contribution in [3.8, 4) is 5.75 Å². The van der Waals surface area contributed by atoms with Gasteiger partial charge in [0.2, 0.25) is 0 Å². The van der Waals surface area contributed by atoms with E-state index in [2.05, 4.69) is 6.58 Å². The molecule has 90 valence electrons. The Balaban J connectivity index is 2.74. The zero-order valence-corrected chi connectivity index (χ0v) is 9.97. The molecule has 3 nitrogen and oxygen atoms in total. The molecule has 0 saturated carbocycles. The number of aromatic hydroxyl groups is 1. The Kier molecular flexibility index (Phi) is 5.01. The van der Waals surface area contributed by atoms with E-state index >= 15 is 0 Å². The normalized spacial score (nSPS) is 10.4. The number of para-hydroxylation sites is 1. The number of amides is 1. The number of phenols is 1. The van der Waals surface area contributed by atoms with Crippen LogP contribution in [0.5, 0.6) is 5.75 Å². The predicted octanol–water partition coefficient (Wildman–Crippen LogP) is 2.79. The minimum Gasteiger partial charge on any atom is -0.507 e. The van der Waals surface area contributed by atoms with E-state index in [4.69, 9.17) is 0 Å². The van der Waals surface area contributed by atoms with Gasteiger partial charge in [-0.3, -0.25) is 4.79 Å². The summed E-state index contributed by atoms with van der Waals surface area (Å²) < 4.78 is 0. The lowest BCUT2D eigenvalue weighted by Gasteiger charge is -2.14. The van der Waals surface area contributed by atoms with Gasteiger partial charge in [0.1, 0.15) is 5.75 Å². The monoisotopic (exact) mass is 231 g/mol. The first-order chi connectivity index (χ1) is 8.19. The Hall–Kier alpha value is -2.03. The molecular weight excluding hydrogens is 214 g/mol. The molecule has 1 rings (SSSR count). The molecule has 0 aliphatic heterocycles. The van der Waals surface area contributed by atoms with Gasteiger partial charge in [-0.25, -0.2) is 0 Å². The highest BCUT2D eigenvalue weighted by Crippen LogP contribution is 2.17. The maximum absolute atomic E-state index is 11.7. The van der Waals surface area contributed by atoms with Crippen LogP contribution in [0.3, 0.4) is 0 Å². The quantitative estimate of drug-likeness (QED) is 0.791. The smallest absolute Gasteiger partial charge is 0.250 e. The third-order valence-corrected chi connectivity index (χ3v) is 2.31. The molecule has 0 aromatic heterocycles. The number of carbonyl (C=O) groups excluding carboxylic acids is 1. The molecular formula is C14H17NO2. The van der Waals surface area contributed by atoms with Crippen LogP contribution in [0.1, 0.15) is 18.9 Å². The molecule has 0 heterocycles. The van der Waals surface area contributed by atoms with Crippen LogP contribution >= 0.6 is 0 Å². The molecule has 17 heavy (non-hydrogen) atoms. The summed E-state index contributed by atoms with van der Waals surface area (Å²) in [6.07, 6.45) is 5.43. The van der Waals surface area contributed by atoms with Crippen LogP contribution in [0.2, 0.25) is 0 Å². The number of rotatable bonds is 5.